The first-order valence-electron chi connectivity index (χ1n) is 13.2. The third kappa shape index (κ3) is 6.74. The van der Waals surface area contributed by atoms with Crippen LogP contribution < -0.4 is 0 Å². The molecule has 0 unspecified atom stereocenters. The summed E-state index contributed by atoms with van der Waals surface area (Å²) in [6.07, 6.45) is 12.7. The van der Waals surface area contributed by atoms with Gasteiger partial charge in [0.2, 0.25) is 0 Å². The Hall–Kier alpha value is -1.94. The number of nitrogens with zero attached hydrogens (tertiary/aromatic N) is 5. The van der Waals surface area contributed by atoms with Crippen molar-refractivity contribution >= 4 is 46.8 Å². The van der Waals surface area contributed by atoms with Gasteiger partial charge in [-0.1, -0.05) is 31.8 Å². The van der Waals surface area contributed by atoms with Crippen molar-refractivity contribution in [2.24, 2.45) is 5.92 Å². The van der Waals surface area contributed by atoms with Gasteiger partial charge in [-0.2, -0.15) is 5.10 Å². The van der Waals surface area contributed by atoms with Gasteiger partial charge in [0.05, 0.1) is 17.9 Å². The average Bonchev–Trinajstić information content (AvgIpc) is 3.54. The zero-order chi connectivity index (χ0) is 25.8. The number of ether oxygens (including phenoxy) is 1. The van der Waals surface area contributed by atoms with Crippen molar-refractivity contribution in [1.29, 1.82) is 0 Å². The SMILES string of the molecule is C[Si](C)(C)CCOCn1ccc2c(-c3cnn(C4CCC(CSc5ccccc5Br)CC4)c3)ncnc21. The van der Waals surface area contributed by atoms with Gasteiger partial charge < -0.3 is 9.30 Å². The Morgan fingerprint density at radius 2 is 1.89 bits per heavy atom. The molecule has 196 valence electrons. The van der Waals surface area contributed by atoms with Gasteiger partial charge in [0.15, 0.2) is 0 Å². The van der Waals surface area contributed by atoms with Crippen LogP contribution >= 0.6 is 27.7 Å². The molecule has 5 rings (SSSR count). The van der Waals surface area contributed by atoms with E-state index < -0.39 is 8.07 Å². The summed E-state index contributed by atoms with van der Waals surface area (Å²) in [6.45, 7) is 8.43. The van der Waals surface area contributed by atoms with E-state index in [1.807, 2.05) is 18.0 Å². The van der Waals surface area contributed by atoms with Gasteiger partial charge in [0, 0.05) is 53.1 Å². The summed E-state index contributed by atoms with van der Waals surface area (Å²) in [5, 5.41) is 5.81. The molecule has 1 fully saturated rings. The zero-order valence-corrected chi connectivity index (χ0v) is 25.3. The first kappa shape index (κ1) is 26.7. The minimum atomic E-state index is -1.09. The summed E-state index contributed by atoms with van der Waals surface area (Å²) in [6, 6.07) is 12.2. The van der Waals surface area contributed by atoms with E-state index in [1.165, 1.54) is 40.8 Å². The van der Waals surface area contributed by atoms with Crippen molar-refractivity contribution < 1.29 is 4.74 Å². The van der Waals surface area contributed by atoms with Crippen LogP contribution in [0.1, 0.15) is 31.7 Å². The maximum Gasteiger partial charge on any atom is 0.145 e. The van der Waals surface area contributed by atoms with Gasteiger partial charge in [-0.25, -0.2) is 9.97 Å². The van der Waals surface area contributed by atoms with Crippen LogP contribution in [-0.2, 0) is 11.5 Å². The molecule has 1 saturated carbocycles. The first-order chi connectivity index (χ1) is 17.9. The fraction of sp³-hybridized carbons (Fsp3) is 0.464. The molecular formula is C28H36BrN5OSSi. The molecule has 1 aromatic carbocycles. The van der Waals surface area contributed by atoms with E-state index in [1.54, 1.807) is 6.33 Å². The molecule has 0 spiro atoms. The van der Waals surface area contributed by atoms with E-state index in [2.05, 4.69) is 97.5 Å². The van der Waals surface area contributed by atoms with Gasteiger partial charge in [-0.15, -0.1) is 11.8 Å². The maximum absolute atomic E-state index is 5.97. The molecule has 6 nitrogen and oxygen atoms in total. The molecule has 0 aliphatic heterocycles. The molecule has 0 bridgehead atoms. The summed E-state index contributed by atoms with van der Waals surface area (Å²) in [4.78, 5) is 10.5. The smallest absolute Gasteiger partial charge is 0.145 e. The second-order valence-corrected chi connectivity index (χ2v) is 18.8. The quantitative estimate of drug-likeness (QED) is 0.106. The summed E-state index contributed by atoms with van der Waals surface area (Å²) in [5.74, 6) is 1.94. The highest BCUT2D eigenvalue weighted by atomic mass is 79.9. The predicted molar refractivity (Wildman–Crippen MR) is 159 cm³/mol. The lowest BCUT2D eigenvalue weighted by Crippen LogP contribution is -2.22. The van der Waals surface area contributed by atoms with Crippen molar-refractivity contribution in [1.82, 2.24) is 24.3 Å². The van der Waals surface area contributed by atoms with Crippen LogP contribution in [-0.4, -0.2) is 44.7 Å². The highest BCUT2D eigenvalue weighted by Crippen LogP contribution is 2.37. The Balaban J connectivity index is 1.19. The largest absolute Gasteiger partial charge is 0.361 e. The molecular weight excluding hydrogens is 562 g/mol. The number of aromatic nitrogens is 5. The fourth-order valence-corrected chi connectivity index (χ4v) is 7.40. The predicted octanol–water partition coefficient (Wildman–Crippen LogP) is 7.89. The van der Waals surface area contributed by atoms with Crippen molar-refractivity contribution in [2.45, 2.75) is 69.0 Å². The lowest BCUT2D eigenvalue weighted by molar-refractivity contribution is 0.0899. The lowest BCUT2D eigenvalue weighted by Gasteiger charge is -2.28. The Morgan fingerprint density at radius 3 is 2.68 bits per heavy atom. The number of hydrogen-bond acceptors (Lipinski definition) is 5. The van der Waals surface area contributed by atoms with E-state index in [-0.39, 0.29) is 0 Å². The number of halogens is 1. The number of benzene rings is 1. The van der Waals surface area contributed by atoms with Gasteiger partial charge in [0.1, 0.15) is 18.7 Å². The van der Waals surface area contributed by atoms with Crippen molar-refractivity contribution in [3.05, 3.63) is 59.7 Å². The molecule has 0 saturated heterocycles. The first-order valence-corrected chi connectivity index (χ1v) is 18.7. The normalized spacial score (nSPS) is 18.5. The van der Waals surface area contributed by atoms with Crippen LogP contribution in [0.15, 0.2) is 64.6 Å². The molecule has 9 heteroatoms. The number of thioether (sulfide) groups is 1. The third-order valence-corrected chi connectivity index (χ3v) is 11.1. The van der Waals surface area contributed by atoms with E-state index in [9.17, 15) is 0 Å². The van der Waals surface area contributed by atoms with Gasteiger partial charge >= 0.3 is 0 Å². The Bertz CT molecular complexity index is 1330. The van der Waals surface area contributed by atoms with Gasteiger partial charge in [0.25, 0.3) is 0 Å². The number of hydrogen-bond donors (Lipinski definition) is 0. The molecule has 1 aliphatic rings. The highest BCUT2D eigenvalue weighted by molar-refractivity contribution is 9.10. The van der Waals surface area contributed by atoms with Crippen molar-refractivity contribution in [3.8, 4) is 11.3 Å². The van der Waals surface area contributed by atoms with E-state index in [0.717, 1.165) is 40.9 Å². The maximum atomic E-state index is 5.97. The molecule has 0 amide bonds. The Morgan fingerprint density at radius 1 is 1.08 bits per heavy atom. The van der Waals surface area contributed by atoms with Crippen molar-refractivity contribution in [2.75, 3.05) is 12.4 Å². The molecule has 0 atom stereocenters. The lowest BCUT2D eigenvalue weighted by atomic mass is 9.87. The summed E-state index contributed by atoms with van der Waals surface area (Å²) >= 11 is 5.64. The average molecular weight is 599 g/mol. The van der Waals surface area contributed by atoms with Crippen LogP contribution in [0.5, 0.6) is 0 Å². The minimum absolute atomic E-state index is 0.458. The minimum Gasteiger partial charge on any atom is -0.361 e. The van der Waals surface area contributed by atoms with Crippen LogP contribution in [0.3, 0.4) is 0 Å². The van der Waals surface area contributed by atoms with Crippen LogP contribution in [0, 0.1) is 5.92 Å². The summed E-state index contributed by atoms with van der Waals surface area (Å²) in [7, 11) is -1.09. The second kappa shape index (κ2) is 11.8. The monoisotopic (exact) mass is 597 g/mol. The van der Waals surface area contributed by atoms with Gasteiger partial charge in [-0.05, 0) is 71.8 Å². The number of fused-ring (bicyclic) bond motifs is 1. The van der Waals surface area contributed by atoms with Gasteiger partial charge in [-0.3, -0.25) is 4.68 Å². The molecule has 1 aliphatic carbocycles. The molecule has 4 aromatic rings. The Labute approximate surface area is 233 Å². The number of rotatable bonds is 10. The Kier molecular flexibility index (Phi) is 8.53. The molecule has 0 N–H and O–H groups in total. The fourth-order valence-electron chi connectivity index (χ4n) is 4.88. The summed E-state index contributed by atoms with van der Waals surface area (Å²) < 4.78 is 11.4. The van der Waals surface area contributed by atoms with Crippen LogP contribution in [0.4, 0.5) is 0 Å². The molecule has 37 heavy (non-hydrogen) atoms. The van der Waals surface area contributed by atoms with E-state index >= 15 is 0 Å². The van der Waals surface area contributed by atoms with Crippen LogP contribution in [0.25, 0.3) is 22.3 Å². The second-order valence-electron chi connectivity index (χ2n) is 11.2. The molecule has 0 radical (unpaired) electrons. The molecule has 3 heterocycles. The summed E-state index contributed by atoms with van der Waals surface area (Å²) in [5.41, 5.74) is 2.90. The molecule has 3 aromatic heterocycles. The van der Waals surface area contributed by atoms with E-state index in [4.69, 9.17) is 9.84 Å². The highest BCUT2D eigenvalue weighted by Gasteiger charge is 2.24. The topological polar surface area (TPSA) is 57.8 Å². The van der Waals surface area contributed by atoms with Crippen LogP contribution in [0.2, 0.25) is 25.7 Å². The third-order valence-electron chi connectivity index (χ3n) is 7.16. The standard InChI is InChI=1S/C28H36BrN5OSSi/c1-37(2,3)15-14-35-20-33-13-12-24-27(30-19-31-28(24)33)22-16-32-34(17-22)23-10-8-21(9-11-23)18-36-26-7-5-4-6-25(26)29/h4-7,12-13,16-17,19,21,23H,8-11,14-15,18,20H2,1-3H3. The van der Waals surface area contributed by atoms with Crippen molar-refractivity contribution in [3.63, 3.8) is 0 Å². The zero-order valence-electron chi connectivity index (χ0n) is 21.9. The van der Waals surface area contributed by atoms with E-state index in [0.29, 0.717) is 12.8 Å².